The number of hydrogen-bond acceptors (Lipinski definition) is 2. The SMILES string of the molecule is CCCCCC(C)CCOC(C)=O. The van der Waals surface area contributed by atoms with E-state index in [1.165, 1.54) is 32.6 Å². The van der Waals surface area contributed by atoms with E-state index in [0.717, 1.165) is 6.42 Å². The Hall–Kier alpha value is -0.530. The van der Waals surface area contributed by atoms with Crippen LogP contribution in [-0.4, -0.2) is 12.6 Å². The highest BCUT2D eigenvalue weighted by molar-refractivity contribution is 5.65. The molecule has 1 atom stereocenters. The number of esters is 1. The lowest BCUT2D eigenvalue weighted by molar-refractivity contribution is -0.141. The highest BCUT2D eigenvalue weighted by Crippen LogP contribution is 2.12. The number of carbonyl (C=O) groups is 1. The molecular formula is C11H22O2. The van der Waals surface area contributed by atoms with Crippen LogP contribution >= 0.6 is 0 Å². The van der Waals surface area contributed by atoms with Crippen LogP contribution in [0.5, 0.6) is 0 Å². The molecule has 0 aliphatic heterocycles. The van der Waals surface area contributed by atoms with Crippen LogP contribution in [0, 0.1) is 5.92 Å². The Morgan fingerprint density at radius 1 is 1.31 bits per heavy atom. The third kappa shape index (κ3) is 9.38. The second-order valence-corrected chi connectivity index (χ2v) is 3.73. The van der Waals surface area contributed by atoms with E-state index in [2.05, 4.69) is 13.8 Å². The van der Waals surface area contributed by atoms with E-state index in [-0.39, 0.29) is 5.97 Å². The first-order chi connectivity index (χ1) is 6.16. The number of unbranched alkanes of at least 4 members (excludes halogenated alkanes) is 2. The first-order valence-corrected chi connectivity index (χ1v) is 5.30. The van der Waals surface area contributed by atoms with Gasteiger partial charge in [0.15, 0.2) is 0 Å². The van der Waals surface area contributed by atoms with Crippen LogP contribution in [0.25, 0.3) is 0 Å². The van der Waals surface area contributed by atoms with Crippen molar-refractivity contribution in [1.82, 2.24) is 0 Å². The van der Waals surface area contributed by atoms with E-state index in [9.17, 15) is 4.79 Å². The standard InChI is InChI=1S/C11H22O2/c1-4-5-6-7-10(2)8-9-13-11(3)12/h10H,4-9H2,1-3H3. The molecule has 2 heteroatoms. The Bertz CT molecular complexity index is 132. The van der Waals surface area contributed by atoms with Crippen LogP contribution in [-0.2, 0) is 9.53 Å². The maximum atomic E-state index is 10.5. The van der Waals surface area contributed by atoms with E-state index >= 15 is 0 Å². The molecule has 0 aliphatic rings. The molecule has 13 heavy (non-hydrogen) atoms. The van der Waals surface area contributed by atoms with Gasteiger partial charge in [-0.15, -0.1) is 0 Å². The molecule has 0 aliphatic carbocycles. The fourth-order valence-electron chi connectivity index (χ4n) is 1.29. The minimum absolute atomic E-state index is 0.166. The molecule has 0 spiro atoms. The zero-order valence-electron chi connectivity index (χ0n) is 9.14. The lowest BCUT2D eigenvalue weighted by atomic mass is 10.0. The van der Waals surface area contributed by atoms with Gasteiger partial charge in [0.05, 0.1) is 6.61 Å². The van der Waals surface area contributed by atoms with Gasteiger partial charge in [-0.1, -0.05) is 39.5 Å². The summed E-state index contributed by atoms with van der Waals surface area (Å²) >= 11 is 0. The molecule has 0 aromatic carbocycles. The summed E-state index contributed by atoms with van der Waals surface area (Å²) in [5, 5.41) is 0. The first-order valence-electron chi connectivity index (χ1n) is 5.30. The van der Waals surface area contributed by atoms with Gasteiger partial charge in [0.2, 0.25) is 0 Å². The lowest BCUT2D eigenvalue weighted by Gasteiger charge is -2.10. The summed E-state index contributed by atoms with van der Waals surface area (Å²) in [7, 11) is 0. The Balaban J connectivity index is 3.19. The molecule has 0 bridgehead atoms. The topological polar surface area (TPSA) is 26.3 Å². The smallest absolute Gasteiger partial charge is 0.302 e. The minimum atomic E-state index is -0.166. The molecule has 1 unspecified atom stereocenters. The normalized spacial score (nSPS) is 12.5. The molecule has 2 nitrogen and oxygen atoms in total. The summed E-state index contributed by atoms with van der Waals surface area (Å²) in [5.41, 5.74) is 0. The summed E-state index contributed by atoms with van der Waals surface area (Å²) in [6, 6.07) is 0. The summed E-state index contributed by atoms with van der Waals surface area (Å²) in [5.74, 6) is 0.520. The van der Waals surface area contributed by atoms with Gasteiger partial charge in [0, 0.05) is 6.92 Å². The predicted octanol–water partition coefficient (Wildman–Crippen LogP) is 3.16. The molecule has 0 radical (unpaired) electrons. The van der Waals surface area contributed by atoms with E-state index < -0.39 is 0 Å². The maximum Gasteiger partial charge on any atom is 0.302 e. The monoisotopic (exact) mass is 186 g/mol. The first kappa shape index (κ1) is 12.5. The Morgan fingerprint density at radius 3 is 2.54 bits per heavy atom. The van der Waals surface area contributed by atoms with Crippen molar-refractivity contribution in [3.05, 3.63) is 0 Å². The largest absolute Gasteiger partial charge is 0.466 e. The van der Waals surface area contributed by atoms with Gasteiger partial charge < -0.3 is 4.74 Å². The van der Waals surface area contributed by atoms with Gasteiger partial charge in [-0.05, 0) is 12.3 Å². The Kier molecular flexibility index (Phi) is 7.76. The van der Waals surface area contributed by atoms with Gasteiger partial charge in [-0.3, -0.25) is 4.79 Å². The molecule has 0 N–H and O–H groups in total. The molecule has 0 saturated carbocycles. The van der Waals surface area contributed by atoms with Crippen LogP contribution < -0.4 is 0 Å². The third-order valence-corrected chi connectivity index (χ3v) is 2.22. The van der Waals surface area contributed by atoms with Crippen molar-refractivity contribution in [2.24, 2.45) is 5.92 Å². The van der Waals surface area contributed by atoms with E-state index in [0.29, 0.717) is 12.5 Å². The number of rotatable bonds is 7. The van der Waals surface area contributed by atoms with Crippen molar-refractivity contribution in [3.63, 3.8) is 0 Å². The van der Waals surface area contributed by atoms with Crippen LogP contribution in [0.2, 0.25) is 0 Å². The van der Waals surface area contributed by atoms with Gasteiger partial charge in [0.1, 0.15) is 0 Å². The van der Waals surface area contributed by atoms with Crippen molar-refractivity contribution >= 4 is 5.97 Å². The quantitative estimate of drug-likeness (QED) is 0.451. The molecule has 0 heterocycles. The Morgan fingerprint density at radius 2 is 2.00 bits per heavy atom. The second kappa shape index (κ2) is 8.09. The highest BCUT2D eigenvalue weighted by Gasteiger charge is 2.02. The van der Waals surface area contributed by atoms with E-state index in [1.807, 2.05) is 0 Å². The second-order valence-electron chi connectivity index (χ2n) is 3.73. The molecule has 0 aromatic rings. The molecule has 0 fully saturated rings. The number of hydrogen-bond donors (Lipinski definition) is 0. The summed E-state index contributed by atoms with van der Waals surface area (Å²) in [6.45, 7) is 6.48. The van der Waals surface area contributed by atoms with E-state index in [1.54, 1.807) is 0 Å². The van der Waals surface area contributed by atoms with Crippen molar-refractivity contribution in [2.75, 3.05) is 6.61 Å². The van der Waals surface area contributed by atoms with E-state index in [4.69, 9.17) is 4.74 Å². The third-order valence-electron chi connectivity index (χ3n) is 2.22. The fourth-order valence-corrected chi connectivity index (χ4v) is 1.29. The molecular weight excluding hydrogens is 164 g/mol. The van der Waals surface area contributed by atoms with Gasteiger partial charge >= 0.3 is 5.97 Å². The Labute approximate surface area is 81.7 Å². The number of carbonyl (C=O) groups excluding carboxylic acids is 1. The van der Waals surface area contributed by atoms with Crippen molar-refractivity contribution in [3.8, 4) is 0 Å². The molecule has 0 rings (SSSR count). The maximum absolute atomic E-state index is 10.5. The lowest BCUT2D eigenvalue weighted by Crippen LogP contribution is -2.05. The van der Waals surface area contributed by atoms with Crippen molar-refractivity contribution in [1.29, 1.82) is 0 Å². The zero-order valence-corrected chi connectivity index (χ0v) is 9.14. The van der Waals surface area contributed by atoms with Gasteiger partial charge in [-0.25, -0.2) is 0 Å². The van der Waals surface area contributed by atoms with Gasteiger partial charge in [0.25, 0.3) is 0 Å². The molecule has 0 amide bonds. The van der Waals surface area contributed by atoms with Crippen LogP contribution in [0.3, 0.4) is 0 Å². The molecule has 0 aromatic heterocycles. The summed E-state index contributed by atoms with van der Waals surface area (Å²) in [6.07, 6.45) is 6.16. The minimum Gasteiger partial charge on any atom is -0.466 e. The van der Waals surface area contributed by atoms with Crippen LogP contribution in [0.1, 0.15) is 52.9 Å². The summed E-state index contributed by atoms with van der Waals surface area (Å²) in [4.78, 5) is 10.5. The molecule has 78 valence electrons. The average molecular weight is 186 g/mol. The predicted molar refractivity (Wildman–Crippen MR) is 54.6 cm³/mol. The zero-order chi connectivity index (χ0) is 10.1. The van der Waals surface area contributed by atoms with Crippen LogP contribution in [0.15, 0.2) is 0 Å². The highest BCUT2D eigenvalue weighted by atomic mass is 16.5. The average Bonchev–Trinajstić information content (AvgIpc) is 2.04. The fraction of sp³-hybridized carbons (Fsp3) is 0.909. The number of ether oxygens (including phenoxy) is 1. The molecule has 0 saturated heterocycles. The van der Waals surface area contributed by atoms with Crippen molar-refractivity contribution in [2.45, 2.75) is 52.9 Å². The summed E-state index contributed by atoms with van der Waals surface area (Å²) < 4.78 is 4.88. The van der Waals surface area contributed by atoms with Crippen LogP contribution in [0.4, 0.5) is 0 Å². The van der Waals surface area contributed by atoms with Gasteiger partial charge in [-0.2, -0.15) is 0 Å². The van der Waals surface area contributed by atoms with Crippen molar-refractivity contribution < 1.29 is 9.53 Å².